The number of aliphatic hydroxyl groups excluding tert-OH is 7. The van der Waals surface area contributed by atoms with Gasteiger partial charge in [-0.2, -0.15) is 0 Å². The van der Waals surface area contributed by atoms with Crippen molar-refractivity contribution in [3.8, 4) is 0 Å². The van der Waals surface area contributed by atoms with Gasteiger partial charge in [-0.15, -0.1) is 0 Å². The molecule has 139 valence electrons. The van der Waals surface area contributed by atoms with E-state index in [2.05, 4.69) is 0 Å². The molecule has 0 aromatic rings. The molecule has 7 unspecified atom stereocenters. The number of hydrogen-bond acceptors (Lipinski definition) is 10. The molecule has 10 atom stereocenters. The summed E-state index contributed by atoms with van der Waals surface area (Å²) in [6, 6.07) is -1.48. The molecular formula is C12H22AcNO10-. The van der Waals surface area contributed by atoms with Crippen molar-refractivity contribution in [1.29, 1.82) is 0 Å². The van der Waals surface area contributed by atoms with Crippen molar-refractivity contribution < 1.29 is 94.0 Å². The SMILES string of the molecule is [Ac].[NH-]C1C(O)OC(CO)[C@H](O[C@@H]2OC(CO)[C@H](O)C(O)C2O)C1O. The Kier molecular flexibility index (Phi) is 9.41. The van der Waals surface area contributed by atoms with Gasteiger partial charge in [0.15, 0.2) is 6.29 Å². The maximum absolute atomic E-state index is 10.0. The van der Waals surface area contributed by atoms with Gasteiger partial charge in [0.25, 0.3) is 0 Å². The molecule has 2 rings (SSSR count). The van der Waals surface area contributed by atoms with E-state index in [9.17, 15) is 30.6 Å². The van der Waals surface area contributed by atoms with Crippen molar-refractivity contribution in [3.63, 3.8) is 0 Å². The molecule has 0 spiro atoms. The van der Waals surface area contributed by atoms with Crippen LogP contribution in [0.3, 0.4) is 0 Å². The molecule has 2 aliphatic rings. The minimum absolute atomic E-state index is 0. The van der Waals surface area contributed by atoms with E-state index in [4.69, 9.17) is 25.1 Å². The summed E-state index contributed by atoms with van der Waals surface area (Å²) < 4.78 is 15.4. The molecule has 1 radical (unpaired) electrons. The van der Waals surface area contributed by atoms with Crippen molar-refractivity contribution >= 4 is 0 Å². The molecule has 2 saturated heterocycles. The first-order valence-corrected chi connectivity index (χ1v) is 7.11. The molecule has 0 aromatic carbocycles. The molecule has 11 nitrogen and oxygen atoms in total. The molecule has 0 aliphatic carbocycles. The topological polar surface area (TPSA) is 193 Å². The Morgan fingerprint density at radius 3 is 1.92 bits per heavy atom. The number of ether oxygens (including phenoxy) is 3. The minimum atomic E-state index is -1.70. The van der Waals surface area contributed by atoms with Crippen LogP contribution in [0.1, 0.15) is 0 Å². The zero-order chi connectivity index (χ0) is 17.3. The van der Waals surface area contributed by atoms with E-state index in [1.165, 1.54) is 0 Å². The largest absolute Gasteiger partial charge is 0.668 e. The molecule has 12 heteroatoms. The quantitative estimate of drug-likeness (QED) is 0.175. The smallest absolute Gasteiger partial charge is 0.187 e. The van der Waals surface area contributed by atoms with Crippen molar-refractivity contribution in [2.24, 2.45) is 0 Å². The van der Waals surface area contributed by atoms with Crippen LogP contribution in [0.4, 0.5) is 0 Å². The summed E-state index contributed by atoms with van der Waals surface area (Å²) in [5.41, 5.74) is 7.58. The van der Waals surface area contributed by atoms with E-state index < -0.39 is 74.6 Å². The van der Waals surface area contributed by atoms with Crippen LogP contribution in [0.5, 0.6) is 0 Å². The Morgan fingerprint density at radius 2 is 1.38 bits per heavy atom. The molecule has 24 heavy (non-hydrogen) atoms. The van der Waals surface area contributed by atoms with Crippen molar-refractivity contribution in [3.05, 3.63) is 5.73 Å². The molecule has 0 bridgehead atoms. The van der Waals surface area contributed by atoms with Crippen molar-refractivity contribution in [2.45, 2.75) is 61.3 Å². The second kappa shape index (κ2) is 9.80. The summed E-state index contributed by atoms with van der Waals surface area (Å²) >= 11 is 0. The van der Waals surface area contributed by atoms with Crippen LogP contribution in [0.15, 0.2) is 0 Å². The zero-order valence-corrected chi connectivity index (χ0v) is 17.4. The summed E-state index contributed by atoms with van der Waals surface area (Å²) in [5.74, 6) is 0. The molecule has 0 aromatic heterocycles. The predicted molar refractivity (Wildman–Crippen MR) is 70.7 cm³/mol. The Balaban J connectivity index is 0.00000288. The van der Waals surface area contributed by atoms with Crippen LogP contribution in [-0.4, -0.2) is 110 Å². The molecule has 8 N–H and O–H groups in total. The molecular weight excluding hydrogens is 545 g/mol. The van der Waals surface area contributed by atoms with E-state index in [0.29, 0.717) is 0 Å². The molecule has 2 aliphatic heterocycles. The van der Waals surface area contributed by atoms with Crippen LogP contribution in [-0.2, 0) is 14.2 Å². The molecule has 0 amide bonds. The van der Waals surface area contributed by atoms with Crippen LogP contribution in [0.25, 0.3) is 5.73 Å². The van der Waals surface area contributed by atoms with Gasteiger partial charge in [-0.25, -0.2) is 0 Å². The Labute approximate surface area is 173 Å². The van der Waals surface area contributed by atoms with Crippen LogP contribution < -0.4 is 0 Å². The fraction of sp³-hybridized carbons (Fsp3) is 1.00. The average Bonchev–Trinajstić information content (AvgIpc) is 2.55. The summed E-state index contributed by atoms with van der Waals surface area (Å²) in [6.45, 7) is -1.30. The fourth-order valence-electron chi connectivity index (χ4n) is 2.58. The molecule has 0 saturated carbocycles. The van der Waals surface area contributed by atoms with Gasteiger partial charge in [-0.1, -0.05) is 6.04 Å². The predicted octanol–water partition coefficient (Wildman–Crippen LogP) is -4.34. The third-order valence-electron chi connectivity index (χ3n) is 4.01. The van der Waals surface area contributed by atoms with Crippen LogP contribution in [0.2, 0.25) is 0 Å². The van der Waals surface area contributed by atoms with E-state index in [1.807, 2.05) is 0 Å². The zero-order valence-electron chi connectivity index (χ0n) is 12.6. The van der Waals surface area contributed by atoms with Gasteiger partial charge in [-0.05, 0) is 0 Å². The monoisotopic (exact) mass is 567 g/mol. The summed E-state index contributed by atoms with van der Waals surface area (Å²) in [5, 5.41) is 67.1. The van der Waals surface area contributed by atoms with Gasteiger partial charge in [0.05, 0.1) is 19.3 Å². The van der Waals surface area contributed by atoms with Gasteiger partial charge in [0, 0.05) is 44.1 Å². The van der Waals surface area contributed by atoms with Crippen molar-refractivity contribution in [1.82, 2.24) is 0 Å². The third kappa shape index (κ3) is 4.64. The van der Waals surface area contributed by atoms with Gasteiger partial charge in [-0.3, -0.25) is 0 Å². The van der Waals surface area contributed by atoms with Crippen LogP contribution in [0, 0.1) is 44.1 Å². The van der Waals surface area contributed by atoms with Crippen LogP contribution >= 0.6 is 0 Å². The van der Waals surface area contributed by atoms with Crippen molar-refractivity contribution in [2.75, 3.05) is 13.2 Å². The molecule has 2 fully saturated rings. The molecule has 2 heterocycles. The number of rotatable bonds is 4. The van der Waals surface area contributed by atoms with Gasteiger partial charge in [0.2, 0.25) is 0 Å². The Morgan fingerprint density at radius 1 is 0.792 bits per heavy atom. The van der Waals surface area contributed by atoms with E-state index in [0.717, 1.165) is 0 Å². The third-order valence-corrected chi connectivity index (χ3v) is 4.01. The first-order chi connectivity index (χ1) is 10.8. The maximum atomic E-state index is 10.0. The first-order valence-electron chi connectivity index (χ1n) is 7.11. The number of aliphatic hydroxyl groups is 7. The summed E-state index contributed by atoms with van der Waals surface area (Å²) in [4.78, 5) is 0. The fourth-order valence-corrected chi connectivity index (χ4v) is 2.58. The maximum Gasteiger partial charge on any atom is 0.187 e. The normalized spacial score (nSPS) is 49.5. The first kappa shape index (κ1) is 23.0. The van der Waals surface area contributed by atoms with E-state index >= 15 is 0 Å². The van der Waals surface area contributed by atoms with Gasteiger partial charge < -0.3 is 55.7 Å². The second-order valence-corrected chi connectivity index (χ2v) is 5.56. The second-order valence-electron chi connectivity index (χ2n) is 5.56. The van der Waals surface area contributed by atoms with Gasteiger partial charge in [0.1, 0.15) is 42.9 Å². The Bertz CT molecular complexity index is 389. The summed E-state index contributed by atoms with van der Waals surface area (Å²) in [7, 11) is 0. The average molecular weight is 567 g/mol. The van der Waals surface area contributed by atoms with E-state index in [-0.39, 0.29) is 44.1 Å². The minimum Gasteiger partial charge on any atom is -0.668 e. The standard InChI is InChI=1S/C12H22NO10.Ac/c13-5-7(17)10(4(2-15)21-11(5)20)23-12-9(19)8(18)6(16)3(1-14)22-12;/h3-20H,1-2H2;/q-1;/t3?,4?,5?,6-,7?,8?,9?,10-,11?,12-;/m0./s1. The summed E-state index contributed by atoms with van der Waals surface area (Å²) in [6.07, 6.45) is -13.4. The van der Waals surface area contributed by atoms with E-state index in [1.54, 1.807) is 0 Å². The van der Waals surface area contributed by atoms with Gasteiger partial charge >= 0.3 is 0 Å². The number of hydrogen-bond donors (Lipinski definition) is 7. The number of nitrogens with one attached hydrogen (secondary N) is 1. The Hall–Kier alpha value is 1.00.